The van der Waals surface area contributed by atoms with Crippen LogP contribution < -0.4 is 10.1 Å². The summed E-state index contributed by atoms with van der Waals surface area (Å²) in [6.45, 7) is 9.77. The lowest BCUT2D eigenvalue weighted by atomic mass is 9.85. The second-order valence-corrected chi connectivity index (χ2v) is 6.52. The van der Waals surface area contributed by atoms with E-state index in [0.717, 1.165) is 18.9 Å². The molecule has 0 bridgehead atoms. The predicted molar refractivity (Wildman–Crippen MR) is 85.7 cm³/mol. The van der Waals surface area contributed by atoms with Crippen molar-refractivity contribution in [2.75, 3.05) is 19.7 Å². The summed E-state index contributed by atoms with van der Waals surface area (Å²) in [6.07, 6.45) is 6.48. The molecule has 1 heterocycles. The summed E-state index contributed by atoms with van der Waals surface area (Å²) < 4.78 is 5.74. The minimum Gasteiger partial charge on any atom is -0.492 e. The highest BCUT2D eigenvalue weighted by atomic mass is 16.5. The van der Waals surface area contributed by atoms with Crippen molar-refractivity contribution in [1.29, 1.82) is 0 Å². The fraction of sp³-hybridized carbons (Fsp3) is 0.667. The van der Waals surface area contributed by atoms with Gasteiger partial charge in [-0.2, -0.15) is 0 Å². The Hall–Kier alpha value is -1.02. The van der Waals surface area contributed by atoms with E-state index in [2.05, 4.69) is 44.3 Å². The zero-order valence-corrected chi connectivity index (χ0v) is 13.3. The van der Waals surface area contributed by atoms with Crippen LogP contribution in [-0.4, -0.2) is 19.7 Å². The molecule has 1 N–H and O–H groups in total. The van der Waals surface area contributed by atoms with Crippen LogP contribution in [0.3, 0.4) is 0 Å². The van der Waals surface area contributed by atoms with Gasteiger partial charge in [0, 0.05) is 11.0 Å². The molecule has 0 aliphatic carbocycles. The van der Waals surface area contributed by atoms with Gasteiger partial charge in [-0.1, -0.05) is 45.7 Å². The Bertz CT molecular complexity index is 425. The van der Waals surface area contributed by atoms with Crippen LogP contribution in [0.25, 0.3) is 0 Å². The highest BCUT2D eigenvalue weighted by molar-refractivity contribution is 5.45. The van der Waals surface area contributed by atoms with Gasteiger partial charge in [0.05, 0.1) is 6.61 Å². The highest BCUT2D eigenvalue weighted by Crippen LogP contribution is 2.38. The van der Waals surface area contributed by atoms with Crippen LogP contribution in [0.4, 0.5) is 0 Å². The SMILES string of the molecule is CCNCCCCCCc1ccc2c(c1)C(C)(C)CO2. The van der Waals surface area contributed by atoms with Crippen molar-refractivity contribution in [3.8, 4) is 5.75 Å². The van der Waals surface area contributed by atoms with E-state index in [1.54, 1.807) is 0 Å². The summed E-state index contributed by atoms with van der Waals surface area (Å²) in [5.74, 6) is 1.09. The molecule has 112 valence electrons. The Labute approximate surface area is 123 Å². The molecule has 0 unspecified atom stereocenters. The van der Waals surface area contributed by atoms with Crippen molar-refractivity contribution < 1.29 is 4.74 Å². The molecule has 0 saturated heterocycles. The normalized spacial score (nSPS) is 15.9. The third-order valence-electron chi connectivity index (χ3n) is 4.18. The largest absolute Gasteiger partial charge is 0.492 e. The van der Waals surface area contributed by atoms with Gasteiger partial charge >= 0.3 is 0 Å². The molecular formula is C18H29NO. The second kappa shape index (κ2) is 7.12. The van der Waals surface area contributed by atoms with Gasteiger partial charge in [0.15, 0.2) is 0 Å². The molecule has 0 spiro atoms. The summed E-state index contributed by atoms with van der Waals surface area (Å²) in [5.41, 5.74) is 3.04. The fourth-order valence-electron chi connectivity index (χ4n) is 2.83. The lowest BCUT2D eigenvalue weighted by molar-refractivity contribution is 0.291. The fourth-order valence-corrected chi connectivity index (χ4v) is 2.83. The van der Waals surface area contributed by atoms with Gasteiger partial charge in [0.2, 0.25) is 0 Å². The minimum atomic E-state index is 0.178. The first-order valence-corrected chi connectivity index (χ1v) is 8.10. The summed E-state index contributed by atoms with van der Waals surface area (Å²) in [4.78, 5) is 0. The van der Waals surface area contributed by atoms with E-state index in [1.165, 1.54) is 49.8 Å². The first-order valence-electron chi connectivity index (χ1n) is 8.10. The molecule has 0 radical (unpaired) electrons. The number of fused-ring (bicyclic) bond motifs is 1. The van der Waals surface area contributed by atoms with Crippen LogP contribution in [0, 0.1) is 0 Å². The highest BCUT2D eigenvalue weighted by Gasteiger charge is 2.31. The first-order chi connectivity index (χ1) is 9.63. The van der Waals surface area contributed by atoms with Crippen molar-refractivity contribution in [1.82, 2.24) is 5.32 Å². The minimum absolute atomic E-state index is 0.178. The van der Waals surface area contributed by atoms with Gasteiger partial charge in [-0.15, -0.1) is 0 Å². The van der Waals surface area contributed by atoms with Crippen LogP contribution in [-0.2, 0) is 11.8 Å². The third kappa shape index (κ3) is 3.99. The Morgan fingerprint density at radius 3 is 2.75 bits per heavy atom. The number of rotatable bonds is 8. The van der Waals surface area contributed by atoms with E-state index in [4.69, 9.17) is 4.74 Å². The molecule has 1 aromatic carbocycles. The first kappa shape index (κ1) is 15.4. The lowest BCUT2D eigenvalue weighted by Crippen LogP contribution is -2.18. The quantitative estimate of drug-likeness (QED) is 0.722. The molecule has 0 fully saturated rings. The Morgan fingerprint density at radius 1 is 1.15 bits per heavy atom. The number of unbranched alkanes of at least 4 members (excludes halogenated alkanes) is 3. The zero-order valence-electron chi connectivity index (χ0n) is 13.3. The maximum atomic E-state index is 5.74. The number of ether oxygens (including phenoxy) is 1. The zero-order chi connectivity index (χ0) is 14.4. The topological polar surface area (TPSA) is 21.3 Å². The van der Waals surface area contributed by atoms with Crippen LogP contribution in [0.5, 0.6) is 5.75 Å². The van der Waals surface area contributed by atoms with Gasteiger partial charge < -0.3 is 10.1 Å². The van der Waals surface area contributed by atoms with E-state index in [0.29, 0.717) is 0 Å². The molecular weight excluding hydrogens is 246 g/mol. The van der Waals surface area contributed by atoms with Crippen molar-refractivity contribution in [2.24, 2.45) is 0 Å². The van der Waals surface area contributed by atoms with Gasteiger partial charge in [0.25, 0.3) is 0 Å². The van der Waals surface area contributed by atoms with Gasteiger partial charge in [-0.3, -0.25) is 0 Å². The molecule has 2 heteroatoms. The molecule has 0 aromatic heterocycles. The molecule has 0 atom stereocenters. The molecule has 2 nitrogen and oxygen atoms in total. The Kier molecular flexibility index (Phi) is 5.47. The van der Waals surface area contributed by atoms with Crippen molar-refractivity contribution in [3.63, 3.8) is 0 Å². The average molecular weight is 275 g/mol. The summed E-state index contributed by atoms with van der Waals surface area (Å²) >= 11 is 0. The lowest BCUT2D eigenvalue weighted by Gasteiger charge is -2.15. The number of hydrogen-bond acceptors (Lipinski definition) is 2. The van der Waals surface area contributed by atoms with Crippen molar-refractivity contribution in [3.05, 3.63) is 29.3 Å². The standard InChI is InChI=1S/C18H29NO/c1-4-19-12-8-6-5-7-9-15-10-11-17-16(13-15)18(2,3)14-20-17/h10-11,13,19H,4-9,12,14H2,1-3H3. The van der Waals surface area contributed by atoms with E-state index >= 15 is 0 Å². The van der Waals surface area contributed by atoms with Crippen LogP contribution >= 0.6 is 0 Å². The van der Waals surface area contributed by atoms with E-state index in [9.17, 15) is 0 Å². The smallest absolute Gasteiger partial charge is 0.123 e. The van der Waals surface area contributed by atoms with Gasteiger partial charge in [-0.25, -0.2) is 0 Å². The maximum Gasteiger partial charge on any atom is 0.123 e. The molecule has 1 aliphatic heterocycles. The van der Waals surface area contributed by atoms with E-state index in [1.807, 2.05) is 0 Å². The number of nitrogens with one attached hydrogen (secondary N) is 1. The summed E-state index contributed by atoms with van der Waals surface area (Å²) in [5, 5.41) is 3.38. The van der Waals surface area contributed by atoms with Crippen LogP contribution in [0.1, 0.15) is 57.6 Å². The average Bonchev–Trinajstić information content (AvgIpc) is 2.74. The molecule has 20 heavy (non-hydrogen) atoms. The van der Waals surface area contributed by atoms with E-state index < -0.39 is 0 Å². The second-order valence-electron chi connectivity index (χ2n) is 6.52. The molecule has 1 aromatic rings. The number of aryl methyl sites for hydroxylation is 1. The van der Waals surface area contributed by atoms with Crippen molar-refractivity contribution >= 4 is 0 Å². The molecule has 0 saturated carbocycles. The molecule has 2 rings (SSSR count). The summed E-state index contributed by atoms with van der Waals surface area (Å²) in [7, 11) is 0. The van der Waals surface area contributed by atoms with Crippen LogP contribution in [0.2, 0.25) is 0 Å². The van der Waals surface area contributed by atoms with Gasteiger partial charge in [0.1, 0.15) is 5.75 Å². The van der Waals surface area contributed by atoms with Crippen LogP contribution in [0.15, 0.2) is 18.2 Å². The Balaban J connectivity index is 1.75. The number of benzene rings is 1. The molecule has 1 aliphatic rings. The summed E-state index contributed by atoms with van der Waals surface area (Å²) in [6, 6.07) is 6.75. The third-order valence-corrected chi connectivity index (χ3v) is 4.18. The van der Waals surface area contributed by atoms with E-state index in [-0.39, 0.29) is 5.41 Å². The maximum absolute atomic E-state index is 5.74. The van der Waals surface area contributed by atoms with Crippen molar-refractivity contribution in [2.45, 2.75) is 58.3 Å². The monoisotopic (exact) mass is 275 g/mol. The molecule has 0 amide bonds. The number of hydrogen-bond donors (Lipinski definition) is 1. The Morgan fingerprint density at radius 2 is 1.95 bits per heavy atom. The van der Waals surface area contributed by atoms with Gasteiger partial charge in [-0.05, 0) is 44.0 Å². The predicted octanol–water partition coefficient (Wildman–Crippen LogP) is 4.07.